The van der Waals surface area contributed by atoms with Crippen molar-refractivity contribution in [1.29, 1.82) is 0 Å². The molecule has 128 valence electrons. The van der Waals surface area contributed by atoms with E-state index < -0.39 is 68.0 Å². The predicted molar refractivity (Wildman–Crippen MR) is 65.3 cm³/mol. The van der Waals surface area contributed by atoms with Gasteiger partial charge in [0.25, 0.3) is 0 Å². The minimum Gasteiger partial charge on any atom is -0.394 e. The van der Waals surface area contributed by atoms with Crippen LogP contribution < -0.4 is 0 Å². The van der Waals surface area contributed by atoms with E-state index in [1.807, 2.05) is 0 Å². The van der Waals surface area contributed by atoms with Crippen molar-refractivity contribution in [2.24, 2.45) is 0 Å². The van der Waals surface area contributed by atoms with E-state index in [1.54, 1.807) is 0 Å². The van der Waals surface area contributed by atoms with Gasteiger partial charge in [0.1, 0.15) is 48.8 Å². The molecular formula is C12H20O10. The second kappa shape index (κ2) is 6.24. The first-order chi connectivity index (χ1) is 10.4. The molecule has 0 aromatic carbocycles. The van der Waals surface area contributed by atoms with E-state index in [0.717, 1.165) is 0 Å². The summed E-state index contributed by atoms with van der Waals surface area (Å²) in [5.41, 5.74) is 0. The minimum absolute atomic E-state index is 0.0842. The van der Waals surface area contributed by atoms with Gasteiger partial charge in [-0.15, -0.1) is 0 Å². The standard InChI is InChI=1S/C12H20O10/c13-1-3-5(14)6(15)8(17)12(20-3)22-10-4-2-19-11(21-4)9(18)7(10)16/h3-18H,1-2H2/t3-,4-,5+,6+,7-,8-,9-,10-,11-,12+/m1/s1. The van der Waals surface area contributed by atoms with Gasteiger partial charge in [0.2, 0.25) is 0 Å². The molecule has 3 heterocycles. The highest BCUT2D eigenvalue weighted by molar-refractivity contribution is 4.96. The molecule has 3 aliphatic rings. The summed E-state index contributed by atoms with van der Waals surface area (Å²) in [5.74, 6) is 0. The summed E-state index contributed by atoms with van der Waals surface area (Å²) < 4.78 is 21.1. The van der Waals surface area contributed by atoms with Gasteiger partial charge >= 0.3 is 0 Å². The van der Waals surface area contributed by atoms with E-state index in [0.29, 0.717) is 0 Å². The zero-order valence-electron chi connectivity index (χ0n) is 11.5. The molecule has 3 saturated heterocycles. The van der Waals surface area contributed by atoms with Crippen molar-refractivity contribution in [3.8, 4) is 0 Å². The Morgan fingerprint density at radius 1 is 0.864 bits per heavy atom. The lowest BCUT2D eigenvalue weighted by atomic mass is 9.98. The third kappa shape index (κ3) is 2.65. The lowest BCUT2D eigenvalue weighted by Gasteiger charge is -2.43. The molecule has 3 rings (SSSR count). The van der Waals surface area contributed by atoms with Crippen molar-refractivity contribution in [3.63, 3.8) is 0 Å². The molecule has 10 nitrogen and oxygen atoms in total. The van der Waals surface area contributed by atoms with E-state index in [1.165, 1.54) is 0 Å². The van der Waals surface area contributed by atoms with E-state index >= 15 is 0 Å². The average Bonchev–Trinajstić information content (AvgIpc) is 2.96. The number of hydrogen-bond acceptors (Lipinski definition) is 10. The van der Waals surface area contributed by atoms with Gasteiger partial charge in [-0.25, -0.2) is 0 Å². The number of aliphatic hydroxyl groups excluding tert-OH is 6. The fourth-order valence-electron chi connectivity index (χ4n) is 2.87. The van der Waals surface area contributed by atoms with Crippen LogP contribution in [0.5, 0.6) is 0 Å². The van der Waals surface area contributed by atoms with Gasteiger partial charge in [0.05, 0.1) is 13.2 Å². The van der Waals surface area contributed by atoms with Gasteiger partial charge in [-0.05, 0) is 0 Å². The van der Waals surface area contributed by atoms with Crippen LogP contribution in [-0.4, -0.2) is 105 Å². The predicted octanol–water partition coefficient (Wildman–Crippen LogP) is -4.35. The van der Waals surface area contributed by atoms with E-state index in [9.17, 15) is 25.5 Å². The Morgan fingerprint density at radius 3 is 2.27 bits per heavy atom. The first kappa shape index (κ1) is 16.5. The molecule has 0 unspecified atom stereocenters. The van der Waals surface area contributed by atoms with Crippen molar-refractivity contribution in [2.75, 3.05) is 13.2 Å². The summed E-state index contributed by atoms with van der Waals surface area (Å²) >= 11 is 0. The Balaban J connectivity index is 1.71. The van der Waals surface area contributed by atoms with Crippen molar-refractivity contribution in [3.05, 3.63) is 0 Å². The van der Waals surface area contributed by atoms with E-state index in [-0.39, 0.29) is 6.61 Å². The fourth-order valence-corrected chi connectivity index (χ4v) is 2.87. The number of hydrogen-bond donors (Lipinski definition) is 6. The SMILES string of the molecule is OC[C@H]1O[C@@H](O[C@H]2[C@H](O)[C@@H](O)[C@@H]3OC[C@H]2O3)[C@H](O)[C@@H](O)[C@H]1O. The molecule has 3 fully saturated rings. The Bertz CT molecular complexity index is 392. The molecule has 2 bridgehead atoms. The average molecular weight is 324 g/mol. The second-order valence-corrected chi connectivity index (χ2v) is 5.66. The highest BCUT2D eigenvalue weighted by Gasteiger charge is 2.53. The highest BCUT2D eigenvalue weighted by Crippen LogP contribution is 2.32. The third-order valence-corrected chi connectivity index (χ3v) is 4.21. The molecule has 0 saturated carbocycles. The maximum Gasteiger partial charge on any atom is 0.187 e. The van der Waals surface area contributed by atoms with Gasteiger partial charge in [-0.3, -0.25) is 0 Å². The fraction of sp³-hybridized carbons (Fsp3) is 1.00. The molecule has 0 spiro atoms. The molecule has 0 radical (unpaired) electrons. The van der Waals surface area contributed by atoms with E-state index in [4.69, 9.17) is 24.1 Å². The first-order valence-corrected chi connectivity index (χ1v) is 7.03. The monoisotopic (exact) mass is 324 g/mol. The largest absolute Gasteiger partial charge is 0.394 e. The van der Waals surface area contributed by atoms with Crippen LogP contribution in [0.4, 0.5) is 0 Å². The van der Waals surface area contributed by atoms with Crippen molar-refractivity contribution >= 4 is 0 Å². The maximum absolute atomic E-state index is 10.0. The Kier molecular flexibility index (Phi) is 4.67. The zero-order chi connectivity index (χ0) is 16.0. The zero-order valence-corrected chi connectivity index (χ0v) is 11.5. The van der Waals surface area contributed by atoms with Crippen LogP contribution >= 0.6 is 0 Å². The highest BCUT2D eigenvalue weighted by atomic mass is 16.8. The Labute approximate surface area is 125 Å². The van der Waals surface area contributed by atoms with Crippen LogP contribution in [0.3, 0.4) is 0 Å². The number of aliphatic hydroxyl groups is 6. The summed E-state index contributed by atoms with van der Waals surface area (Å²) in [5, 5.41) is 58.3. The van der Waals surface area contributed by atoms with Crippen molar-refractivity contribution < 1.29 is 49.6 Å². The summed E-state index contributed by atoms with van der Waals surface area (Å²) in [7, 11) is 0. The molecule has 10 heteroatoms. The molecule has 3 aliphatic heterocycles. The molecular weight excluding hydrogens is 304 g/mol. The molecule has 22 heavy (non-hydrogen) atoms. The lowest BCUT2D eigenvalue weighted by molar-refractivity contribution is -0.337. The Morgan fingerprint density at radius 2 is 1.59 bits per heavy atom. The second-order valence-electron chi connectivity index (χ2n) is 5.66. The van der Waals surface area contributed by atoms with Gasteiger partial charge in [0.15, 0.2) is 12.6 Å². The van der Waals surface area contributed by atoms with Gasteiger partial charge in [-0.2, -0.15) is 0 Å². The summed E-state index contributed by atoms with van der Waals surface area (Å²) in [4.78, 5) is 0. The Hall–Kier alpha value is -0.400. The quantitative estimate of drug-likeness (QED) is 0.299. The van der Waals surface area contributed by atoms with Gasteiger partial charge in [-0.1, -0.05) is 0 Å². The van der Waals surface area contributed by atoms with E-state index in [2.05, 4.69) is 0 Å². The maximum atomic E-state index is 10.0. The number of fused-ring (bicyclic) bond motifs is 2. The molecule has 0 aromatic rings. The van der Waals surface area contributed by atoms with Crippen LogP contribution in [0.1, 0.15) is 0 Å². The molecule has 0 aromatic heterocycles. The van der Waals surface area contributed by atoms with Crippen LogP contribution in [-0.2, 0) is 18.9 Å². The molecule has 10 atom stereocenters. The number of ether oxygens (including phenoxy) is 4. The van der Waals surface area contributed by atoms with Gasteiger partial charge < -0.3 is 49.6 Å². The van der Waals surface area contributed by atoms with Crippen LogP contribution in [0.15, 0.2) is 0 Å². The summed E-state index contributed by atoms with van der Waals surface area (Å²) in [6.45, 7) is -0.507. The summed E-state index contributed by atoms with van der Waals surface area (Å²) in [6, 6.07) is 0. The smallest absolute Gasteiger partial charge is 0.187 e. The minimum atomic E-state index is -1.60. The van der Waals surface area contributed by atoms with Crippen molar-refractivity contribution in [1.82, 2.24) is 0 Å². The van der Waals surface area contributed by atoms with Crippen LogP contribution in [0.2, 0.25) is 0 Å². The first-order valence-electron chi connectivity index (χ1n) is 7.03. The normalized spacial score (nSPS) is 55.4. The topological polar surface area (TPSA) is 158 Å². The van der Waals surface area contributed by atoms with Crippen LogP contribution in [0.25, 0.3) is 0 Å². The molecule has 0 amide bonds. The third-order valence-electron chi connectivity index (χ3n) is 4.21. The molecule has 6 N–H and O–H groups in total. The van der Waals surface area contributed by atoms with Crippen molar-refractivity contribution in [2.45, 2.75) is 61.4 Å². The van der Waals surface area contributed by atoms with Crippen LogP contribution in [0, 0.1) is 0 Å². The van der Waals surface area contributed by atoms with Gasteiger partial charge in [0, 0.05) is 0 Å². The molecule has 0 aliphatic carbocycles. The number of rotatable bonds is 3. The lowest BCUT2D eigenvalue weighted by Crippen LogP contribution is -2.62. The summed E-state index contributed by atoms with van der Waals surface area (Å²) in [6.07, 6.45) is -12.5.